The molecule has 0 aromatic rings. The third-order valence-electron chi connectivity index (χ3n) is 2.76. The number of rotatable bonds is 1. The Morgan fingerprint density at radius 1 is 1.50 bits per heavy atom. The fourth-order valence-corrected chi connectivity index (χ4v) is 2.23. The van der Waals surface area contributed by atoms with Crippen LogP contribution in [0.2, 0.25) is 0 Å². The van der Waals surface area contributed by atoms with E-state index in [1.54, 1.807) is 0 Å². The fourth-order valence-electron chi connectivity index (χ4n) is 2.23. The Morgan fingerprint density at radius 2 is 2.30 bits per heavy atom. The first-order valence-corrected chi connectivity index (χ1v) is 4.26. The molecule has 0 amide bonds. The zero-order valence-corrected chi connectivity index (χ0v) is 6.80. The first-order chi connectivity index (χ1) is 4.77. The van der Waals surface area contributed by atoms with Crippen molar-refractivity contribution < 1.29 is 0 Å². The van der Waals surface area contributed by atoms with Crippen LogP contribution in [0.5, 0.6) is 0 Å². The quantitative estimate of drug-likeness (QED) is 0.568. The van der Waals surface area contributed by atoms with E-state index in [0.717, 1.165) is 18.1 Å². The topological polar surface area (TPSA) is 15.3 Å². The van der Waals surface area contributed by atoms with Gasteiger partial charge < -0.3 is 5.32 Å². The third-order valence-corrected chi connectivity index (χ3v) is 2.76. The molecule has 2 saturated heterocycles. The van der Waals surface area contributed by atoms with Crippen LogP contribution in [0.25, 0.3) is 0 Å². The van der Waals surface area contributed by atoms with E-state index < -0.39 is 0 Å². The van der Waals surface area contributed by atoms with Crippen LogP contribution in [0.4, 0.5) is 0 Å². The number of fused-ring (bicyclic) bond motifs is 2. The highest BCUT2D eigenvalue weighted by Crippen LogP contribution is 2.24. The molecule has 10 heavy (non-hydrogen) atoms. The van der Waals surface area contributed by atoms with E-state index in [2.05, 4.69) is 24.1 Å². The number of likely N-dealkylation sites (tertiary alicyclic amines) is 1. The SMILES string of the molecule is CC(C)N1CC2C[C@H]1CN2. The summed E-state index contributed by atoms with van der Waals surface area (Å²) >= 11 is 0. The lowest BCUT2D eigenvalue weighted by Gasteiger charge is -2.30. The maximum atomic E-state index is 3.50. The Bertz CT molecular complexity index is 133. The minimum atomic E-state index is 0.747. The van der Waals surface area contributed by atoms with Crippen molar-refractivity contribution >= 4 is 0 Å². The van der Waals surface area contributed by atoms with Crippen molar-refractivity contribution in [1.82, 2.24) is 10.2 Å². The van der Waals surface area contributed by atoms with Crippen LogP contribution in [0.15, 0.2) is 0 Å². The molecule has 2 heteroatoms. The number of hydrogen-bond donors (Lipinski definition) is 1. The molecule has 0 aliphatic carbocycles. The van der Waals surface area contributed by atoms with Crippen molar-refractivity contribution in [2.75, 3.05) is 13.1 Å². The first kappa shape index (κ1) is 6.62. The Kier molecular flexibility index (Phi) is 1.46. The molecule has 0 radical (unpaired) electrons. The van der Waals surface area contributed by atoms with Crippen molar-refractivity contribution in [3.8, 4) is 0 Å². The predicted molar refractivity (Wildman–Crippen MR) is 42.0 cm³/mol. The number of piperazine rings is 1. The Labute approximate surface area is 62.6 Å². The van der Waals surface area contributed by atoms with Crippen LogP contribution in [-0.4, -0.2) is 36.1 Å². The average molecular weight is 140 g/mol. The molecule has 0 aromatic carbocycles. The third kappa shape index (κ3) is 0.867. The monoisotopic (exact) mass is 140 g/mol. The normalized spacial score (nSPS) is 39.9. The molecule has 0 aromatic heterocycles. The molecule has 2 atom stereocenters. The predicted octanol–water partition coefficient (Wildman–Crippen LogP) is 0.441. The van der Waals surface area contributed by atoms with E-state index in [-0.39, 0.29) is 0 Å². The first-order valence-electron chi connectivity index (χ1n) is 4.26. The number of hydrogen-bond acceptors (Lipinski definition) is 2. The second-order valence-corrected chi connectivity index (χ2v) is 3.79. The lowest BCUT2D eigenvalue weighted by Crippen LogP contribution is -2.46. The van der Waals surface area contributed by atoms with Gasteiger partial charge in [0.1, 0.15) is 0 Å². The maximum Gasteiger partial charge on any atom is 0.0239 e. The van der Waals surface area contributed by atoms with Gasteiger partial charge in [-0.05, 0) is 20.3 Å². The lowest BCUT2D eigenvalue weighted by atomic mass is 10.2. The van der Waals surface area contributed by atoms with Crippen molar-refractivity contribution in [3.63, 3.8) is 0 Å². The van der Waals surface area contributed by atoms with E-state index in [1.807, 2.05) is 0 Å². The fraction of sp³-hybridized carbons (Fsp3) is 1.00. The highest BCUT2D eigenvalue weighted by molar-refractivity contribution is 4.98. The summed E-state index contributed by atoms with van der Waals surface area (Å²) in [6.07, 6.45) is 1.39. The molecule has 1 N–H and O–H groups in total. The lowest BCUT2D eigenvalue weighted by molar-refractivity contribution is 0.181. The summed E-state index contributed by atoms with van der Waals surface area (Å²) in [5, 5.41) is 3.50. The van der Waals surface area contributed by atoms with Crippen molar-refractivity contribution in [2.24, 2.45) is 0 Å². The zero-order valence-electron chi connectivity index (χ0n) is 6.80. The standard InChI is InChI=1S/C8H16N2/c1-6(2)10-5-7-3-8(10)4-9-7/h6-9H,3-5H2,1-2H3/t7?,8-/m0/s1. The molecule has 2 heterocycles. The molecule has 2 aliphatic heterocycles. The molecule has 2 fully saturated rings. The van der Waals surface area contributed by atoms with Gasteiger partial charge in [0.25, 0.3) is 0 Å². The summed E-state index contributed by atoms with van der Waals surface area (Å²) in [4.78, 5) is 2.61. The largest absolute Gasteiger partial charge is 0.311 e. The van der Waals surface area contributed by atoms with Gasteiger partial charge in [0.15, 0.2) is 0 Å². The number of nitrogens with zero attached hydrogens (tertiary/aromatic N) is 1. The van der Waals surface area contributed by atoms with Gasteiger partial charge in [0.2, 0.25) is 0 Å². The smallest absolute Gasteiger partial charge is 0.0239 e. The molecule has 1 unspecified atom stereocenters. The molecule has 58 valence electrons. The molecule has 0 saturated carbocycles. The summed E-state index contributed by atoms with van der Waals surface area (Å²) in [5.41, 5.74) is 0. The Morgan fingerprint density at radius 3 is 2.60 bits per heavy atom. The van der Waals surface area contributed by atoms with Crippen LogP contribution in [0.3, 0.4) is 0 Å². The second kappa shape index (κ2) is 2.21. The van der Waals surface area contributed by atoms with Crippen molar-refractivity contribution in [2.45, 2.75) is 38.4 Å². The van der Waals surface area contributed by atoms with Crippen molar-refractivity contribution in [3.05, 3.63) is 0 Å². The van der Waals surface area contributed by atoms with Gasteiger partial charge in [-0.1, -0.05) is 0 Å². The van der Waals surface area contributed by atoms with E-state index in [1.165, 1.54) is 19.5 Å². The molecule has 2 rings (SSSR count). The van der Waals surface area contributed by atoms with Gasteiger partial charge in [-0.3, -0.25) is 4.90 Å². The molecule has 0 spiro atoms. The van der Waals surface area contributed by atoms with Gasteiger partial charge in [-0.25, -0.2) is 0 Å². The second-order valence-electron chi connectivity index (χ2n) is 3.79. The van der Waals surface area contributed by atoms with Gasteiger partial charge in [0.05, 0.1) is 0 Å². The molecular weight excluding hydrogens is 124 g/mol. The summed E-state index contributed by atoms with van der Waals surface area (Å²) < 4.78 is 0. The van der Waals surface area contributed by atoms with Gasteiger partial charge in [0, 0.05) is 31.2 Å². The summed E-state index contributed by atoms with van der Waals surface area (Å²) in [6.45, 7) is 7.09. The number of nitrogens with one attached hydrogen (secondary N) is 1. The minimum Gasteiger partial charge on any atom is -0.311 e. The molecule has 2 nitrogen and oxygen atoms in total. The summed E-state index contributed by atoms with van der Waals surface area (Å²) in [5.74, 6) is 0. The van der Waals surface area contributed by atoms with Gasteiger partial charge >= 0.3 is 0 Å². The zero-order chi connectivity index (χ0) is 7.14. The Hall–Kier alpha value is -0.0800. The van der Waals surface area contributed by atoms with Crippen LogP contribution in [0, 0.1) is 0 Å². The van der Waals surface area contributed by atoms with Crippen LogP contribution < -0.4 is 5.32 Å². The van der Waals surface area contributed by atoms with Crippen LogP contribution in [-0.2, 0) is 0 Å². The van der Waals surface area contributed by atoms with Crippen molar-refractivity contribution in [1.29, 1.82) is 0 Å². The maximum absolute atomic E-state index is 3.50. The van der Waals surface area contributed by atoms with E-state index in [0.29, 0.717) is 0 Å². The van der Waals surface area contributed by atoms with E-state index >= 15 is 0 Å². The van der Waals surface area contributed by atoms with Crippen LogP contribution >= 0.6 is 0 Å². The summed E-state index contributed by atoms with van der Waals surface area (Å²) in [6, 6.07) is 2.41. The highest BCUT2D eigenvalue weighted by atomic mass is 15.3. The van der Waals surface area contributed by atoms with Crippen LogP contribution in [0.1, 0.15) is 20.3 Å². The Balaban J connectivity index is 2.02. The van der Waals surface area contributed by atoms with E-state index in [4.69, 9.17) is 0 Å². The summed E-state index contributed by atoms with van der Waals surface area (Å²) in [7, 11) is 0. The molecular formula is C8H16N2. The highest BCUT2D eigenvalue weighted by Gasteiger charge is 2.38. The molecule has 2 bridgehead atoms. The van der Waals surface area contributed by atoms with Gasteiger partial charge in [-0.2, -0.15) is 0 Å². The minimum absolute atomic E-state index is 0.747. The van der Waals surface area contributed by atoms with Gasteiger partial charge in [-0.15, -0.1) is 0 Å². The molecule has 2 aliphatic rings. The average Bonchev–Trinajstić information content (AvgIpc) is 2.44. The van der Waals surface area contributed by atoms with E-state index in [9.17, 15) is 0 Å².